The van der Waals surface area contributed by atoms with E-state index in [1.54, 1.807) is 11.8 Å². The SMILES string of the molecule is CCOc1ccc(C(CSc2n[nH]c(C)n2)NC)cc1. The Bertz CT molecular complexity index is 526. The number of rotatable bonds is 7. The molecule has 1 aromatic heterocycles. The predicted molar refractivity (Wildman–Crippen MR) is 81.3 cm³/mol. The first-order valence-corrected chi connectivity index (χ1v) is 7.63. The van der Waals surface area contributed by atoms with E-state index in [2.05, 4.69) is 32.6 Å². The molecule has 2 N–H and O–H groups in total. The molecular formula is C14H20N4OS. The number of ether oxygens (including phenoxy) is 1. The van der Waals surface area contributed by atoms with Gasteiger partial charge in [0.15, 0.2) is 0 Å². The van der Waals surface area contributed by atoms with Crippen LogP contribution in [0.1, 0.15) is 24.4 Å². The Morgan fingerprint density at radius 1 is 1.35 bits per heavy atom. The van der Waals surface area contributed by atoms with Crippen LogP contribution in [-0.4, -0.2) is 34.6 Å². The number of aryl methyl sites for hydroxylation is 1. The summed E-state index contributed by atoms with van der Waals surface area (Å²) in [5, 5.41) is 11.1. The number of thioether (sulfide) groups is 1. The fourth-order valence-electron chi connectivity index (χ4n) is 1.85. The molecule has 2 aromatic rings. The molecule has 6 heteroatoms. The molecule has 0 radical (unpaired) electrons. The van der Waals surface area contributed by atoms with Crippen LogP contribution in [0.25, 0.3) is 0 Å². The lowest BCUT2D eigenvalue weighted by Gasteiger charge is -2.15. The molecule has 1 unspecified atom stereocenters. The number of aromatic nitrogens is 3. The van der Waals surface area contributed by atoms with Gasteiger partial charge in [-0.3, -0.25) is 5.10 Å². The first-order chi connectivity index (χ1) is 9.72. The number of hydrogen-bond donors (Lipinski definition) is 2. The molecule has 0 spiro atoms. The van der Waals surface area contributed by atoms with Crippen molar-refractivity contribution in [1.29, 1.82) is 0 Å². The quantitative estimate of drug-likeness (QED) is 0.768. The van der Waals surface area contributed by atoms with E-state index in [9.17, 15) is 0 Å². The number of H-pyrrole nitrogens is 1. The van der Waals surface area contributed by atoms with E-state index < -0.39 is 0 Å². The van der Waals surface area contributed by atoms with Crippen LogP contribution < -0.4 is 10.1 Å². The highest BCUT2D eigenvalue weighted by atomic mass is 32.2. The van der Waals surface area contributed by atoms with E-state index in [1.165, 1.54) is 5.56 Å². The molecule has 0 fully saturated rings. The Morgan fingerprint density at radius 2 is 2.10 bits per heavy atom. The molecule has 1 aromatic carbocycles. The van der Waals surface area contributed by atoms with E-state index in [4.69, 9.17) is 4.74 Å². The second kappa shape index (κ2) is 7.31. The van der Waals surface area contributed by atoms with Gasteiger partial charge in [-0.25, -0.2) is 4.98 Å². The van der Waals surface area contributed by atoms with Gasteiger partial charge in [-0.15, -0.1) is 5.10 Å². The zero-order chi connectivity index (χ0) is 14.4. The van der Waals surface area contributed by atoms with Gasteiger partial charge in [-0.05, 0) is 38.6 Å². The summed E-state index contributed by atoms with van der Waals surface area (Å²) in [6.07, 6.45) is 0. The third kappa shape index (κ3) is 3.98. The van der Waals surface area contributed by atoms with Crippen LogP contribution in [-0.2, 0) is 0 Å². The summed E-state index contributed by atoms with van der Waals surface area (Å²) < 4.78 is 5.46. The third-order valence-electron chi connectivity index (χ3n) is 2.90. The second-order valence-corrected chi connectivity index (χ2v) is 5.34. The minimum Gasteiger partial charge on any atom is -0.494 e. The van der Waals surface area contributed by atoms with E-state index >= 15 is 0 Å². The lowest BCUT2D eigenvalue weighted by atomic mass is 10.1. The Balaban J connectivity index is 1.96. The first kappa shape index (κ1) is 14.9. The maximum atomic E-state index is 5.46. The van der Waals surface area contributed by atoms with E-state index in [-0.39, 0.29) is 6.04 Å². The van der Waals surface area contributed by atoms with Gasteiger partial charge >= 0.3 is 0 Å². The molecule has 0 saturated carbocycles. The summed E-state index contributed by atoms with van der Waals surface area (Å²) in [6.45, 7) is 4.58. The number of aromatic amines is 1. The monoisotopic (exact) mass is 292 g/mol. The Hall–Kier alpha value is -1.53. The van der Waals surface area contributed by atoms with Crippen molar-refractivity contribution >= 4 is 11.8 Å². The number of benzene rings is 1. The molecule has 5 nitrogen and oxygen atoms in total. The van der Waals surface area contributed by atoms with Crippen molar-refractivity contribution in [1.82, 2.24) is 20.5 Å². The maximum absolute atomic E-state index is 5.46. The van der Waals surface area contributed by atoms with Crippen molar-refractivity contribution in [2.45, 2.75) is 25.0 Å². The molecule has 0 aliphatic rings. The van der Waals surface area contributed by atoms with E-state index in [0.29, 0.717) is 6.61 Å². The molecular weight excluding hydrogens is 272 g/mol. The fraction of sp³-hybridized carbons (Fsp3) is 0.429. The molecule has 108 valence electrons. The largest absolute Gasteiger partial charge is 0.494 e. The summed E-state index contributed by atoms with van der Waals surface area (Å²) >= 11 is 1.64. The zero-order valence-electron chi connectivity index (χ0n) is 12.0. The minimum absolute atomic E-state index is 0.259. The molecule has 2 rings (SSSR count). The van der Waals surface area contributed by atoms with Gasteiger partial charge in [-0.1, -0.05) is 23.9 Å². The summed E-state index contributed by atoms with van der Waals surface area (Å²) in [6, 6.07) is 8.45. The number of nitrogens with one attached hydrogen (secondary N) is 2. The van der Waals surface area contributed by atoms with Gasteiger partial charge in [0.1, 0.15) is 11.6 Å². The van der Waals surface area contributed by atoms with Crippen molar-refractivity contribution in [3.63, 3.8) is 0 Å². The van der Waals surface area contributed by atoms with Gasteiger partial charge < -0.3 is 10.1 Å². The molecule has 0 aliphatic carbocycles. The highest BCUT2D eigenvalue weighted by Crippen LogP contribution is 2.23. The topological polar surface area (TPSA) is 62.8 Å². The first-order valence-electron chi connectivity index (χ1n) is 6.64. The lowest BCUT2D eigenvalue weighted by molar-refractivity contribution is 0.340. The van der Waals surface area contributed by atoms with Crippen LogP contribution in [0.5, 0.6) is 5.75 Å². The van der Waals surface area contributed by atoms with Crippen LogP contribution in [0.4, 0.5) is 0 Å². The van der Waals surface area contributed by atoms with Crippen LogP contribution in [0.15, 0.2) is 29.4 Å². The van der Waals surface area contributed by atoms with Gasteiger partial charge in [-0.2, -0.15) is 0 Å². The normalized spacial score (nSPS) is 12.3. The predicted octanol–water partition coefficient (Wildman–Crippen LogP) is 2.56. The Morgan fingerprint density at radius 3 is 2.65 bits per heavy atom. The van der Waals surface area contributed by atoms with Crippen molar-refractivity contribution < 1.29 is 4.74 Å². The standard InChI is InChI=1S/C14H20N4OS/c1-4-19-12-7-5-11(6-8-12)13(15-3)9-20-14-16-10(2)17-18-14/h5-8,13,15H,4,9H2,1-3H3,(H,16,17,18). The molecule has 20 heavy (non-hydrogen) atoms. The molecule has 1 atom stereocenters. The second-order valence-electron chi connectivity index (χ2n) is 4.36. The van der Waals surface area contributed by atoms with Crippen LogP contribution in [0.3, 0.4) is 0 Å². The van der Waals surface area contributed by atoms with Gasteiger partial charge in [0, 0.05) is 11.8 Å². The average molecular weight is 292 g/mol. The Kier molecular flexibility index (Phi) is 5.43. The van der Waals surface area contributed by atoms with Crippen molar-refractivity contribution in [3.8, 4) is 5.75 Å². The van der Waals surface area contributed by atoms with Gasteiger partial charge in [0.25, 0.3) is 0 Å². The summed E-state index contributed by atoms with van der Waals surface area (Å²) in [5.74, 6) is 2.62. The molecule has 0 amide bonds. The van der Waals surface area contributed by atoms with Crippen LogP contribution >= 0.6 is 11.8 Å². The number of hydrogen-bond acceptors (Lipinski definition) is 5. The summed E-state index contributed by atoms with van der Waals surface area (Å²) in [7, 11) is 1.96. The van der Waals surface area contributed by atoms with Crippen molar-refractivity contribution in [2.24, 2.45) is 0 Å². The zero-order valence-corrected chi connectivity index (χ0v) is 12.8. The molecule has 1 heterocycles. The average Bonchev–Trinajstić information content (AvgIpc) is 2.87. The molecule has 0 saturated heterocycles. The summed E-state index contributed by atoms with van der Waals surface area (Å²) in [4.78, 5) is 4.30. The van der Waals surface area contributed by atoms with Gasteiger partial charge in [0.05, 0.1) is 6.61 Å². The number of nitrogens with zero attached hydrogens (tertiary/aromatic N) is 2. The smallest absolute Gasteiger partial charge is 0.208 e. The van der Waals surface area contributed by atoms with Crippen LogP contribution in [0.2, 0.25) is 0 Å². The maximum Gasteiger partial charge on any atom is 0.208 e. The minimum atomic E-state index is 0.259. The van der Waals surface area contributed by atoms with E-state index in [0.717, 1.165) is 22.5 Å². The van der Waals surface area contributed by atoms with Crippen LogP contribution in [0, 0.1) is 6.92 Å². The van der Waals surface area contributed by atoms with Crippen molar-refractivity contribution in [2.75, 3.05) is 19.4 Å². The molecule has 0 bridgehead atoms. The summed E-state index contributed by atoms with van der Waals surface area (Å²) in [5.41, 5.74) is 1.23. The van der Waals surface area contributed by atoms with E-state index in [1.807, 2.05) is 33.0 Å². The highest BCUT2D eigenvalue weighted by molar-refractivity contribution is 7.99. The fourth-order valence-corrected chi connectivity index (χ4v) is 2.84. The van der Waals surface area contributed by atoms with Gasteiger partial charge in [0.2, 0.25) is 5.16 Å². The lowest BCUT2D eigenvalue weighted by Crippen LogP contribution is -2.18. The highest BCUT2D eigenvalue weighted by Gasteiger charge is 2.11. The van der Waals surface area contributed by atoms with Crippen molar-refractivity contribution in [3.05, 3.63) is 35.7 Å². The molecule has 0 aliphatic heterocycles. The Labute approximate surface area is 123 Å². The third-order valence-corrected chi connectivity index (χ3v) is 3.84.